The fourth-order valence-corrected chi connectivity index (χ4v) is 1.14. The molecule has 7 heteroatoms. The van der Waals surface area contributed by atoms with Crippen molar-refractivity contribution in [2.75, 3.05) is 40.1 Å². The number of aromatic nitrogens is 2. The van der Waals surface area contributed by atoms with Crippen LogP contribution < -0.4 is 4.74 Å². The van der Waals surface area contributed by atoms with Crippen LogP contribution >= 0.6 is 0 Å². The third kappa shape index (κ3) is 5.15. The van der Waals surface area contributed by atoms with E-state index in [1.807, 2.05) is 0 Å². The van der Waals surface area contributed by atoms with E-state index in [9.17, 15) is 4.79 Å². The molecule has 0 bridgehead atoms. The molecule has 1 heterocycles. The number of carbonyl (C=O) groups is 1. The van der Waals surface area contributed by atoms with Crippen molar-refractivity contribution in [3.05, 3.63) is 11.8 Å². The van der Waals surface area contributed by atoms with Crippen molar-refractivity contribution in [2.24, 2.45) is 0 Å². The van der Waals surface area contributed by atoms with E-state index in [-0.39, 0.29) is 5.69 Å². The number of nitrogens with one attached hydrogen (secondary N) is 1. The number of carbonyl (C=O) groups excluding carboxylic acids is 1. The molecular formula is C11H18N2O5. The molecule has 0 atom stereocenters. The van der Waals surface area contributed by atoms with Crippen molar-refractivity contribution in [1.29, 1.82) is 0 Å². The fourth-order valence-electron chi connectivity index (χ4n) is 1.14. The lowest BCUT2D eigenvalue weighted by Gasteiger charge is -2.03. The predicted molar refractivity (Wildman–Crippen MR) is 62.7 cm³/mol. The molecule has 1 aromatic heterocycles. The van der Waals surface area contributed by atoms with Gasteiger partial charge >= 0.3 is 5.97 Å². The number of aromatic amines is 1. The zero-order chi connectivity index (χ0) is 13.2. The van der Waals surface area contributed by atoms with Crippen molar-refractivity contribution in [2.45, 2.75) is 6.92 Å². The number of ether oxygens (including phenoxy) is 4. The van der Waals surface area contributed by atoms with Crippen molar-refractivity contribution in [3.8, 4) is 5.88 Å². The van der Waals surface area contributed by atoms with Crippen LogP contribution in [0, 0.1) is 0 Å². The minimum atomic E-state index is -0.448. The number of methoxy groups -OCH3 is 1. The van der Waals surface area contributed by atoms with Gasteiger partial charge in [0, 0.05) is 13.2 Å². The number of hydrogen-bond donors (Lipinski definition) is 1. The molecule has 0 unspecified atom stereocenters. The summed E-state index contributed by atoms with van der Waals surface area (Å²) in [4.78, 5) is 11.3. The standard InChI is InChI=1S/C11H18N2O5/c1-3-17-11(14)9-8-10(13-12-9)18-7-6-16-5-4-15-2/h8H,3-7H2,1-2H3,(H,12,13). The molecule has 7 nitrogen and oxygen atoms in total. The van der Waals surface area contributed by atoms with Gasteiger partial charge in [-0.1, -0.05) is 0 Å². The molecular weight excluding hydrogens is 240 g/mol. The summed E-state index contributed by atoms with van der Waals surface area (Å²) in [5.41, 5.74) is 0.271. The number of hydrogen-bond acceptors (Lipinski definition) is 6. The molecule has 0 aliphatic rings. The SMILES string of the molecule is CCOC(=O)c1cc(OCCOCCOC)n[nH]1. The molecule has 102 valence electrons. The van der Waals surface area contributed by atoms with E-state index in [2.05, 4.69) is 10.2 Å². The van der Waals surface area contributed by atoms with Crippen molar-refractivity contribution in [3.63, 3.8) is 0 Å². The summed E-state index contributed by atoms with van der Waals surface area (Å²) >= 11 is 0. The lowest BCUT2D eigenvalue weighted by Crippen LogP contribution is -2.10. The summed E-state index contributed by atoms with van der Waals surface area (Å²) in [6, 6.07) is 1.49. The Labute approximate surface area is 105 Å². The molecule has 1 aromatic rings. The van der Waals surface area contributed by atoms with Crippen molar-refractivity contribution >= 4 is 5.97 Å². The quantitative estimate of drug-likeness (QED) is 0.516. The van der Waals surface area contributed by atoms with Crippen LogP contribution in [0.4, 0.5) is 0 Å². The highest BCUT2D eigenvalue weighted by molar-refractivity contribution is 5.87. The smallest absolute Gasteiger partial charge is 0.356 e. The van der Waals surface area contributed by atoms with Gasteiger partial charge in [-0.15, -0.1) is 5.10 Å². The van der Waals surface area contributed by atoms with Gasteiger partial charge in [0.1, 0.15) is 12.3 Å². The Morgan fingerprint density at radius 3 is 2.83 bits per heavy atom. The Hall–Kier alpha value is -1.60. The Morgan fingerprint density at radius 1 is 1.33 bits per heavy atom. The lowest BCUT2D eigenvalue weighted by atomic mass is 10.4. The van der Waals surface area contributed by atoms with Crippen molar-refractivity contribution in [1.82, 2.24) is 10.2 Å². The largest absolute Gasteiger partial charge is 0.474 e. The van der Waals surface area contributed by atoms with Crippen LogP contribution in [0.5, 0.6) is 5.88 Å². The number of rotatable bonds is 9. The molecule has 0 amide bonds. The molecule has 1 N–H and O–H groups in total. The monoisotopic (exact) mass is 258 g/mol. The van der Waals surface area contributed by atoms with Crippen molar-refractivity contribution < 1.29 is 23.7 Å². The Morgan fingerprint density at radius 2 is 2.11 bits per heavy atom. The minimum Gasteiger partial charge on any atom is -0.474 e. The topological polar surface area (TPSA) is 82.7 Å². The van der Waals surface area contributed by atoms with Gasteiger partial charge in [-0.05, 0) is 6.92 Å². The van der Waals surface area contributed by atoms with Gasteiger partial charge in [-0.2, -0.15) is 0 Å². The summed E-state index contributed by atoms with van der Waals surface area (Å²) in [5, 5.41) is 6.37. The molecule has 1 rings (SSSR count). The average Bonchev–Trinajstić information content (AvgIpc) is 2.83. The molecule has 0 aliphatic carbocycles. The van der Waals surface area contributed by atoms with Crippen LogP contribution in [-0.4, -0.2) is 56.3 Å². The van der Waals surface area contributed by atoms with Gasteiger partial charge in [0.05, 0.1) is 26.4 Å². The van der Waals surface area contributed by atoms with Gasteiger partial charge in [0.25, 0.3) is 0 Å². The zero-order valence-corrected chi connectivity index (χ0v) is 10.6. The summed E-state index contributed by atoms with van der Waals surface area (Å²) in [7, 11) is 1.61. The van der Waals surface area contributed by atoms with E-state index in [0.29, 0.717) is 38.9 Å². The number of H-pyrrole nitrogens is 1. The highest BCUT2D eigenvalue weighted by atomic mass is 16.5. The highest BCUT2D eigenvalue weighted by Crippen LogP contribution is 2.08. The van der Waals surface area contributed by atoms with Gasteiger partial charge < -0.3 is 18.9 Å². The lowest BCUT2D eigenvalue weighted by molar-refractivity contribution is 0.0518. The molecule has 0 aromatic carbocycles. The Balaban J connectivity index is 2.21. The number of esters is 1. The van der Waals surface area contributed by atoms with Crippen LogP contribution in [0.15, 0.2) is 6.07 Å². The second-order valence-electron chi connectivity index (χ2n) is 3.29. The fraction of sp³-hybridized carbons (Fsp3) is 0.636. The number of nitrogens with zero attached hydrogens (tertiary/aromatic N) is 1. The highest BCUT2D eigenvalue weighted by Gasteiger charge is 2.10. The van der Waals surface area contributed by atoms with Gasteiger partial charge in [-0.25, -0.2) is 4.79 Å². The van der Waals surface area contributed by atoms with Crippen LogP contribution in [0.3, 0.4) is 0 Å². The van der Waals surface area contributed by atoms with E-state index in [1.54, 1.807) is 14.0 Å². The second kappa shape index (κ2) is 8.48. The normalized spacial score (nSPS) is 10.3. The first-order valence-electron chi connectivity index (χ1n) is 5.70. The van der Waals surface area contributed by atoms with Gasteiger partial charge in [0.2, 0.25) is 5.88 Å². The molecule has 0 aliphatic heterocycles. The molecule has 0 radical (unpaired) electrons. The van der Waals surface area contributed by atoms with E-state index < -0.39 is 5.97 Å². The van der Waals surface area contributed by atoms with E-state index in [0.717, 1.165) is 0 Å². The summed E-state index contributed by atoms with van der Waals surface area (Å²) in [6.07, 6.45) is 0. The maximum atomic E-state index is 11.3. The van der Waals surface area contributed by atoms with E-state index in [4.69, 9.17) is 18.9 Å². The van der Waals surface area contributed by atoms with Gasteiger partial charge in [0.15, 0.2) is 0 Å². The molecule has 0 fully saturated rings. The van der Waals surface area contributed by atoms with E-state index >= 15 is 0 Å². The third-order valence-electron chi connectivity index (χ3n) is 1.96. The first-order chi connectivity index (χ1) is 8.77. The Kier molecular flexibility index (Phi) is 6.82. The summed E-state index contributed by atoms with van der Waals surface area (Å²) < 4.78 is 20.1. The zero-order valence-electron chi connectivity index (χ0n) is 10.6. The second-order valence-corrected chi connectivity index (χ2v) is 3.29. The van der Waals surface area contributed by atoms with Crippen LogP contribution in [0.1, 0.15) is 17.4 Å². The Bertz CT molecular complexity index is 353. The molecule has 0 spiro atoms. The molecule has 18 heavy (non-hydrogen) atoms. The van der Waals surface area contributed by atoms with Crippen LogP contribution in [0.2, 0.25) is 0 Å². The minimum absolute atomic E-state index is 0.271. The maximum absolute atomic E-state index is 11.3. The predicted octanol–water partition coefficient (Wildman–Crippen LogP) is 0.628. The first kappa shape index (κ1) is 14.5. The van der Waals surface area contributed by atoms with Crippen LogP contribution in [-0.2, 0) is 14.2 Å². The van der Waals surface area contributed by atoms with Gasteiger partial charge in [-0.3, -0.25) is 5.10 Å². The summed E-state index contributed by atoms with van der Waals surface area (Å²) in [5.74, 6) is -0.107. The molecule has 0 saturated heterocycles. The van der Waals surface area contributed by atoms with E-state index in [1.165, 1.54) is 6.07 Å². The third-order valence-corrected chi connectivity index (χ3v) is 1.96. The molecule has 0 saturated carbocycles. The van der Waals surface area contributed by atoms with Crippen LogP contribution in [0.25, 0.3) is 0 Å². The first-order valence-corrected chi connectivity index (χ1v) is 5.70. The summed E-state index contributed by atoms with van der Waals surface area (Å²) in [6.45, 7) is 3.93. The maximum Gasteiger partial charge on any atom is 0.356 e. The average molecular weight is 258 g/mol.